The van der Waals surface area contributed by atoms with E-state index in [2.05, 4.69) is 17.6 Å². The lowest BCUT2D eigenvalue weighted by Gasteiger charge is -2.23. The summed E-state index contributed by atoms with van der Waals surface area (Å²) in [6, 6.07) is 9.02. The first-order valence-corrected chi connectivity index (χ1v) is 9.16. The number of nitrogens with zero attached hydrogens (tertiary/aromatic N) is 1. The van der Waals surface area contributed by atoms with Crippen molar-refractivity contribution >= 4 is 28.5 Å². The van der Waals surface area contributed by atoms with Gasteiger partial charge in [-0.15, -0.1) is 0 Å². The molecule has 0 saturated heterocycles. The molecule has 0 radical (unpaired) electrons. The highest BCUT2D eigenvalue weighted by molar-refractivity contribution is 6.31. The van der Waals surface area contributed by atoms with Gasteiger partial charge in [0.2, 0.25) is 0 Å². The van der Waals surface area contributed by atoms with Crippen molar-refractivity contribution in [2.75, 3.05) is 28.6 Å². The van der Waals surface area contributed by atoms with E-state index in [1.165, 1.54) is 30.5 Å². The van der Waals surface area contributed by atoms with Gasteiger partial charge in [-0.3, -0.25) is 4.79 Å². The van der Waals surface area contributed by atoms with E-state index in [1.807, 2.05) is 11.8 Å². The Morgan fingerprint density at radius 2 is 1.96 bits per heavy atom. The maximum atomic E-state index is 14.6. The van der Waals surface area contributed by atoms with Crippen molar-refractivity contribution in [1.29, 1.82) is 0 Å². The Balaban J connectivity index is 1.79. The van der Waals surface area contributed by atoms with Gasteiger partial charge in [-0.25, -0.2) is 8.78 Å². The Morgan fingerprint density at radius 3 is 2.67 bits per heavy atom. The fourth-order valence-electron chi connectivity index (χ4n) is 3.11. The molecular weight excluding hydrogens is 348 g/mol. The Labute approximate surface area is 157 Å². The first-order chi connectivity index (χ1) is 13.0. The lowest BCUT2D eigenvalue weighted by atomic mass is 10.1. The summed E-state index contributed by atoms with van der Waals surface area (Å²) in [6.45, 7) is 5.65. The molecule has 1 aliphatic heterocycles. The molecule has 0 spiro atoms. The molecule has 1 aliphatic rings. The normalized spacial score (nSPS) is 14.2. The number of hydrogen-bond donors (Lipinski definition) is 2. The molecule has 4 nitrogen and oxygen atoms in total. The van der Waals surface area contributed by atoms with Crippen LogP contribution in [-0.2, 0) is 4.79 Å². The van der Waals surface area contributed by atoms with Crippen LogP contribution in [0.5, 0.6) is 0 Å². The van der Waals surface area contributed by atoms with Crippen molar-refractivity contribution < 1.29 is 13.6 Å². The van der Waals surface area contributed by atoms with Gasteiger partial charge in [0, 0.05) is 36.2 Å². The van der Waals surface area contributed by atoms with Crippen molar-refractivity contribution in [1.82, 2.24) is 0 Å². The number of halogens is 2. The average Bonchev–Trinajstić information content (AvgIpc) is 2.96. The number of nitrogens with one attached hydrogen (secondary N) is 2. The van der Waals surface area contributed by atoms with Gasteiger partial charge in [0.15, 0.2) is 0 Å². The van der Waals surface area contributed by atoms with Crippen molar-refractivity contribution in [3.05, 3.63) is 59.8 Å². The van der Waals surface area contributed by atoms with Gasteiger partial charge in [0.25, 0.3) is 5.91 Å². The SMILES string of the molecule is CCCCN(CC)c1ccc(N/C=C2/C(=O)Nc3ccc(F)cc32)cc1F. The fraction of sp³-hybridized carbons (Fsp3) is 0.286. The minimum absolute atomic E-state index is 0.312. The summed E-state index contributed by atoms with van der Waals surface area (Å²) in [5.74, 6) is -1.06. The van der Waals surface area contributed by atoms with E-state index in [1.54, 1.807) is 12.1 Å². The topological polar surface area (TPSA) is 44.4 Å². The molecule has 3 rings (SSSR count). The molecule has 27 heavy (non-hydrogen) atoms. The number of rotatable bonds is 7. The molecule has 0 unspecified atom stereocenters. The quantitative estimate of drug-likeness (QED) is 0.674. The standard InChI is InChI=1S/C21H23F2N3O/c1-3-5-10-26(4-2)20-9-7-15(12-18(20)23)24-13-17-16-11-14(22)6-8-19(16)25-21(17)27/h6-9,11-13,24H,3-5,10H2,1-2H3,(H,25,27)/b17-13+. The molecule has 0 saturated carbocycles. The van der Waals surface area contributed by atoms with Crippen molar-refractivity contribution in [3.8, 4) is 0 Å². The molecule has 142 valence electrons. The van der Waals surface area contributed by atoms with Gasteiger partial charge in [-0.05, 0) is 49.7 Å². The summed E-state index contributed by atoms with van der Waals surface area (Å²) in [7, 11) is 0. The van der Waals surface area contributed by atoms with E-state index in [0.29, 0.717) is 28.2 Å². The summed E-state index contributed by atoms with van der Waals surface area (Å²) in [5.41, 5.74) is 2.45. The molecule has 0 aliphatic carbocycles. The number of amides is 1. The Morgan fingerprint density at radius 1 is 1.15 bits per heavy atom. The smallest absolute Gasteiger partial charge is 0.257 e. The fourth-order valence-corrected chi connectivity index (χ4v) is 3.11. The predicted octanol–water partition coefficient (Wildman–Crippen LogP) is 5.00. The Hall–Kier alpha value is -2.89. The lowest BCUT2D eigenvalue weighted by Crippen LogP contribution is -2.24. The second-order valence-electron chi connectivity index (χ2n) is 6.45. The van der Waals surface area contributed by atoms with Crippen molar-refractivity contribution in [2.45, 2.75) is 26.7 Å². The monoisotopic (exact) mass is 371 g/mol. The zero-order valence-corrected chi connectivity index (χ0v) is 15.5. The summed E-state index contributed by atoms with van der Waals surface area (Å²) < 4.78 is 28.0. The Kier molecular flexibility index (Phi) is 5.74. The number of benzene rings is 2. The van der Waals surface area contributed by atoms with E-state index in [-0.39, 0.29) is 11.7 Å². The van der Waals surface area contributed by atoms with Gasteiger partial charge < -0.3 is 15.5 Å². The van der Waals surface area contributed by atoms with Crippen LogP contribution in [0.3, 0.4) is 0 Å². The third-order valence-corrected chi connectivity index (χ3v) is 4.60. The minimum atomic E-state index is -0.418. The van der Waals surface area contributed by atoms with E-state index in [4.69, 9.17) is 0 Å². The van der Waals surface area contributed by atoms with Gasteiger partial charge in [-0.2, -0.15) is 0 Å². The van der Waals surface area contributed by atoms with Crippen LogP contribution in [0.25, 0.3) is 5.57 Å². The number of carbonyl (C=O) groups is 1. The van der Waals surface area contributed by atoms with Gasteiger partial charge in [-0.1, -0.05) is 13.3 Å². The molecule has 0 fully saturated rings. The van der Waals surface area contributed by atoms with Crippen LogP contribution in [-0.4, -0.2) is 19.0 Å². The van der Waals surface area contributed by atoms with Gasteiger partial charge >= 0.3 is 0 Å². The molecule has 0 atom stereocenters. The molecule has 0 aromatic heterocycles. The molecule has 0 bridgehead atoms. The highest BCUT2D eigenvalue weighted by Crippen LogP contribution is 2.32. The van der Waals surface area contributed by atoms with E-state index >= 15 is 0 Å². The molecule has 6 heteroatoms. The van der Waals surface area contributed by atoms with Gasteiger partial charge in [0.1, 0.15) is 11.6 Å². The zero-order valence-electron chi connectivity index (χ0n) is 15.5. The number of hydrogen-bond acceptors (Lipinski definition) is 3. The molecule has 1 amide bonds. The van der Waals surface area contributed by atoms with Crippen LogP contribution in [0.2, 0.25) is 0 Å². The summed E-state index contributed by atoms with van der Waals surface area (Å²) >= 11 is 0. The summed E-state index contributed by atoms with van der Waals surface area (Å²) in [5, 5.41) is 5.62. The first-order valence-electron chi connectivity index (χ1n) is 9.16. The second-order valence-corrected chi connectivity index (χ2v) is 6.45. The third-order valence-electron chi connectivity index (χ3n) is 4.60. The minimum Gasteiger partial charge on any atom is -0.369 e. The number of anilines is 3. The number of unbranched alkanes of at least 4 members (excludes halogenated alkanes) is 1. The van der Waals surface area contributed by atoms with Crippen molar-refractivity contribution in [3.63, 3.8) is 0 Å². The second kappa shape index (κ2) is 8.20. The van der Waals surface area contributed by atoms with E-state index in [0.717, 1.165) is 25.9 Å². The van der Waals surface area contributed by atoms with Crippen molar-refractivity contribution in [2.24, 2.45) is 0 Å². The summed E-state index contributed by atoms with van der Waals surface area (Å²) in [6.07, 6.45) is 3.53. The highest BCUT2D eigenvalue weighted by atomic mass is 19.1. The van der Waals surface area contributed by atoms with Crippen LogP contribution < -0.4 is 15.5 Å². The third kappa shape index (κ3) is 4.10. The highest BCUT2D eigenvalue weighted by Gasteiger charge is 2.24. The zero-order chi connectivity index (χ0) is 19.4. The van der Waals surface area contributed by atoms with Crippen LogP contribution in [0, 0.1) is 11.6 Å². The van der Waals surface area contributed by atoms with Crippen LogP contribution in [0.15, 0.2) is 42.6 Å². The van der Waals surface area contributed by atoms with Gasteiger partial charge in [0.05, 0.1) is 11.3 Å². The molecule has 2 aromatic carbocycles. The molecule has 1 heterocycles. The van der Waals surface area contributed by atoms with E-state index in [9.17, 15) is 13.6 Å². The molecule has 2 N–H and O–H groups in total. The molecular formula is C21H23F2N3O. The largest absolute Gasteiger partial charge is 0.369 e. The first kappa shape index (κ1) is 18.9. The predicted molar refractivity (Wildman–Crippen MR) is 106 cm³/mol. The Bertz CT molecular complexity index is 880. The maximum Gasteiger partial charge on any atom is 0.257 e. The number of fused-ring (bicyclic) bond motifs is 1. The maximum absolute atomic E-state index is 14.6. The van der Waals surface area contributed by atoms with Crippen LogP contribution >= 0.6 is 0 Å². The van der Waals surface area contributed by atoms with Crippen LogP contribution in [0.4, 0.5) is 25.8 Å². The average molecular weight is 371 g/mol. The molecule has 2 aromatic rings. The van der Waals surface area contributed by atoms with Crippen LogP contribution in [0.1, 0.15) is 32.3 Å². The number of carbonyl (C=O) groups excluding carboxylic acids is 1. The van der Waals surface area contributed by atoms with E-state index < -0.39 is 5.82 Å². The lowest BCUT2D eigenvalue weighted by molar-refractivity contribution is -0.110. The summed E-state index contributed by atoms with van der Waals surface area (Å²) in [4.78, 5) is 14.1.